The number of rotatable bonds is 2. The standard InChI is InChI=1S/C15H11FN4O/c1-10-17-8-6-13(18-10)15-14(21)7-9-20(19-15)12-4-2-11(16)3-5-12/h2-9H,1H3. The highest BCUT2D eigenvalue weighted by Gasteiger charge is 2.08. The third kappa shape index (κ3) is 2.69. The van der Waals surface area contributed by atoms with Gasteiger partial charge in [-0.05, 0) is 37.3 Å². The van der Waals surface area contributed by atoms with Crippen molar-refractivity contribution in [1.82, 2.24) is 19.7 Å². The molecule has 3 aromatic rings. The lowest BCUT2D eigenvalue weighted by molar-refractivity contribution is 0.627. The van der Waals surface area contributed by atoms with Gasteiger partial charge in [-0.1, -0.05) is 0 Å². The van der Waals surface area contributed by atoms with Gasteiger partial charge in [-0.3, -0.25) is 4.79 Å². The molecule has 0 unspecified atom stereocenters. The zero-order valence-electron chi connectivity index (χ0n) is 11.2. The number of aromatic nitrogens is 4. The molecule has 0 saturated carbocycles. The molecule has 0 aliphatic carbocycles. The van der Waals surface area contributed by atoms with Gasteiger partial charge in [-0.15, -0.1) is 0 Å². The molecule has 6 heteroatoms. The average molecular weight is 282 g/mol. The first-order valence-corrected chi connectivity index (χ1v) is 6.29. The van der Waals surface area contributed by atoms with Crippen LogP contribution >= 0.6 is 0 Å². The van der Waals surface area contributed by atoms with E-state index in [4.69, 9.17) is 0 Å². The van der Waals surface area contributed by atoms with E-state index in [9.17, 15) is 9.18 Å². The molecule has 0 bridgehead atoms. The summed E-state index contributed by atoms with van der Waals surface area (Å²) in [5.74, 6) is 0.234. The molecule has 0 radical (unpaired) electrons. The van der Waals surface area contributed by atoms with Crippen LogP contribution in [0.1, 0.15) is 5.82 Å². The quantitative estimate of drug-likeness (QED) is 0.722. The van der Waals surface area contributed by atoms with Crippen LogP contribution in [0.25, 0.3) is 17.1 Å². The number of aryl methyl sites for hydroxylation is 1. The predicted octanol–water partition coefficient (Wildman–Crippen LogP) is 2.14. The summed E-state index contributed by atoms with van der Waals surface area (Å²) >= 11 is 0. The molecule has 0 N–H and O–H groups in total. The maximum atomic E-state index is 13.0. The fourth-order valence-corrected chi connectivity index (χ4v) is 1.91. The van der Waals surface area contributed by atoms with Crippen LogP contribution in [0.15, 0.2) is 53.6 Å². The van der Waals surface area contributed by atoms with Crippen molar-refractivity contribution in [3.05, 3.63) is 70.7 Å². The molecule has 3 rings (SSSR count). The van der Waals surface area contributed by atoms with Gasteiger partial charge in [0.15, 0.2) is 5.69 Å². The average Bonchev–Trinajstić information content (AvgIpc) is 2.49. The summed E-state index contributed by atoms with van der Waals surface area (Å²) in [5.41, 5.74) is 1.12. The van der Waals surface area contributed by atoms with Crippen molar-refractivity contribution < 1.29 is 4.39 Å². The third-order valence-electron chi connectivity index (χ3n) is 2.92. The van der Waals surface area contributed by atoms with Gasteiger partial charge in [0.2, 0.25) is 5.43 Å². The van der Waals surface area contributed by atoms with Gasteiger partial charge >= 0.3 is 0 Å². The van der Waals surface area contributed by atoms with E-state index < -0.39 is 0 Å². The first-order valence-electron chi connectivity index (χ1n) is 6.29. The zero-order valence-corrected chi connectivity index (χ0v) is 11.2. The first-order chi connectivity index (χ1) is 10.1. The van der Waals surface area contributed by atoms with Crippen molar-refractivity contribution >= 4 is 0 Å². The fourth-order valence-electron chi connectivity index (χ4n) is 1.91. The monoisotopic (exact) mass is 282 g/mol. The van der Waals surface area contributed by atoms with Gasteiger partial charge in [0.25, 0.3) is 0 Å². The molecule has 0 saturated heterocycles. The molecule has 5 nitrogen and oxygen atoms in total. The molecular formula is C15H11FN4O. The molecule has 0 atom stereocenters. The Morgan fingerprint density at radius 2 is 1.86 bits per heavy atom. The molecule has 0 aliphatic heterocycles. The molecule has 0 fully saturated rings. The summed E-state index contributed by atoms with van der Waals surface area (Å²) in [6.07, 6.45) is 3.11. The van der Waals surface area contributed by atoms with Gasteiger partial charge in [0.1, 0.15) is 11.6 Å². The summed E-state index contributed by atoms with van der Waals surface area (Å²) in [7, 11) is 0. The summed E-state index contributed by atoms with van der Waals surface area (Å²) < 4.78 is 14.5. The highest BCUT2D eigenvalue weighted by Crippen LogP contribution is 2.11. The summed E-state index contributed by atoms with van der Waals surface area (Å²) in [4.78, 5) is 20.2. The number of halogens is 1. The van der Waals surface area contributed by atoms with Crippen LogP contribution in [-0.4, -0.2) is 19.7 Å². The van der Waals surface area contributed by atoms with Crippen LogP contribution in [-0.2, 0) is 0 Å². The molecule has 2 heterocycles. The summed E-state index contributed by atoms with van der Waals surface area (Å²) in [6, 6.07) is 8.88. The van der Waals surface area contributed by atoms with Crippen molar-refractivity contribution in [2.24, 2.45) is 0 Å². The Kier molecular flexibility index (Phi) is 3.27. The Bertz CT molecular complexity index is 843. The SMILES string of the molecule is Cc1nccc(-c2nn(-c3ccc(F)cc3)ccc2=O)n1. The molecular weight excluding hydrogens is 271 g/mol. The number of benzene rings is 1. The van der Waals surface area contributed by atoms with Crippen LogP contribution in [0.4, 0.5) is 4.39 Å². The van der Waals surface area contributed by atoms with Crippen molar-refractivity contribution in [2.75, 3.05) is 0 Å². The van der Waals surface area contributed by atoms with Crippen molar-refractivity contribution in [3.63, 3.8) is 0 Å². The predicted molar refractivity (Wildman–Crippen MR) is 75.6 cm³/mol. The Labute approximate surface area is 119 Å². The van der Waals surface area contributed by atoms with Crippen LogP contribution in [0.2, 0.25) is 0 Å². The second-order valence-electron chi connectivity index (χ2n) is 4.44. The molecule has 1 aromatic carbocycles. The molecule has 104 valence electrons. The lowest BCUT2D eigenvalue weighted by Crippen LogP contribution is -2.13. The second-order valence-corrected chi connectivity index (χ2v) is 4.44. The Balaban J connectivity index is 2.12. The second kappa shape index (κ2) is 5.24. The van der Waals surface area contributed by atoms with E-state index in [0.29, 0.717) is 17.2 Å². The van der Waals surface area contributed by atoms with E-state index in [2.05, 4.69) is 15.1 Å². The normalized spacial score (nSPS) is 10.6. The molecule has 0 amide bonds. The van der Waals surface area contributed by atoms with Gasteiger partial charge < -0.3 is 0 Å². The largest absolute Gasteiger partial charge is 0.287 e. The highest BCUT2D eigenvalue weighted by atomic mass is 19.1. The molecule has 21 heavy (non-hydrogen) atoms. The van der Waals surface area contributed by atoms with E-state index in [0.717, 1.165) is 0 Å². The smallest absolute Gasteiger partial charge is 0.209 e. The first kappa shape index (κ1) is 13.1. The van der Waals surface area contributed by atoms with Crippen molar-refractivity contribution in [2.45, 2.75) is 6.92 Å². The van der Waals surface area contributed by atoms with E-state index >= 15 is 0 Å². The minimum atomic E-state index is -0.327. The minimum absolute atomic E-state index is 0.229. The van der Waals surface area contributed by atoms with Crippen LogP contribution in [0.5, 0.6) is 0 Å². The lowest BCUT2D eigenvalue weighted by Gasteiger charge is -2.07. The number of hydrogen-bond acceptors (Lipinski definition) is 4. The Hall–Kier alpha value is -2.89. The number of hydrogen-bond donors (Lipinski definition) is 0. The van der Waals surface area contributed by atoms with E-state index in [-0.39, 0.29) is 16.9 Å². The maximum absolute atomic E-state index is 13.0. The van der Waals surface area contributed by atoms with E-state index in [1.807, 2.05) is 0 Å². The summed E-state index contributed by atoms with van der Waals surface area (Å²) in [6.45, 7) is 1.74. The summed E-state index contributed by atoms with van der Waals surface area (Å²) in [5, 5.41) is 4.27. The molecule has 0 spiro atoms. The zero-order chi connectivity index (χ0) is 14.8. The Morgan fingerprint density at radius 1 is 1.10 bits per heavy atom. The number of nitrogens with zero attached hydrogens (tertiary/aromatic N) is 4. The molecule has 2 aromatic heterocycles. The topological polar surface area (TPSA) is 60.7 Å². The Morgan fingerprint density at radius 3 is 2.57 bits per heavy atom. The molecule has 0 aliphatic rings. The van der Waals surface area contributed by atoms with E-state index in [1.165, 1.54) is 29.1 Å². The van der Waals surface area contributed by atoms with Crippen molar-refractivity contribution in [3.8, 4) is 17.1 Å². The minimum Gasteiger partial charge on any atom is -0.287 e. The van der Waals surface area contributed by atoms with Gasteiger partial charge in [0, 0.05) is 18.5 Å². The van der Waals surface area contributed by atoms with Gasteiger partial charge in [0.05, 0.1) is 11.4 Å². The highest BCUT2D eigenvalue weighted by molar-refractivity contribution is 5.52. The van der Waals surface area contributed by atoms with E-state index in [1.54, 1.807) is 31.3 Å². The van der Waals surface area contributed by atoms with Gasteiger partial charge in [-0.2, -0.15) is 5.10 Å². The van der Waals surface area contributed by atoms with Gasteiger partial charge in [-0.25, -0.2) is 19.0 Å². The maximum Gasteiger partial charge on any atom is 0.209 e. The van der Waals surface area contributed by atoms with Crippen molar-refractivity contribution in [1.29, 1.82) is 0 Å². The van der Waals surface area contributed by atoms with Crippen LogP contribution in [0.3, 0.4) is 0 Å². The van der Waals surface area contributed by atoms with Crippen LogP contribution < -0.4 is 5.43 Å². The van der Waals surface area contributed by atoms with Crippen LogP contribution in [0, 0.1) is 12.7 Å². The third-order valence-corrected chi connectivity index (χ3v) is 2.92. The fraction of sp³-hybridized carbons (Fsp3) is 0.0667. The lowest BCUT2D eigenvalue weighted by atomic mass is 10.2.